The number of hydrogen-bond acceptors (Lipinski definition) is 1. The molecule has 0 spiro atoms. The summed E-state index contributed by atoms with van der Waals surface area (Å²) in [4.78, 5) is 0. The van der Waals surface area contributed by atoms with Crippen molar-refractivity contribution < 1.29 is 0 Å². The Morgan fingerprint density at radius 2 is 1.06 bits per heavy atom. The highest BCUT2D eigenvalue weighted by Gasteiger charge is 1.79. The van der Waals surface area contributed by atoms with Crippen LogP contribution in [-0.4, -0.2) is 13.1 Å². The lowest BCUT2D eigenvalue weighted by atomic mass is 10.2. The summed E-state index contributed by atoms with van der Waals surface area (Å²) >= 11 is 0. The summed E-state index contributed by atoms with van der Waals surface area (Å²) < 4.78 is 0. The Morgan fingerprint density at radius 1 is 0.765 bits per heavy atom. The monoisotopic (exact) mass is 237 g/mol. The van der Waals surface area contributed by atoms with Gasteiger partial charge in [-0.2, -0.15) is 0 Å². The van der Waals surface area contributed by atoms with Gasteiger partial charge in [0.2, 0.25) is 0 Å². The van der Waals surface area contributed by atoms with Crippen LogP contribution in [0.15, 0.2) is 24.3 Å². The van der Waals surface area contributed by atoms with Crippen LogP contribution in [-0.2, 0) is 0 Å². The summed E-state index contributed by atoms with van der Waals surface area (Å²) in [5.74, 6) is 0. The zero-order valence-electron chi connectivity index (χ0n) is 12.6. The van der Waals surface area contributed by atoms with E-state index in [4.69, 9.17) is 0 Å². The van der Waals surface area contributed by atoms with Gasteiger partial charge < -0.3 is 5.32 Å². The number of rotatable bonds is 4. The fraction of sp³-hybridized carbons (Fsp3) is 0.625. The zero-order valence-corrected chi connectivity index (χ0v) is 12.6. The van der Waals surface area contributed by atoms with Gasteiger partial charge in [-0.1, -0.05) is 63.1 Å². The predicted molar refractivity (Wildman–Crippen MR) is 80.7 cm³/mol. The molecule has 1 aromatic rings. The van der Waals surface area contributed by atoms with E-state index in [1.807, 2.05) is 13.8 Å². The third-order valence-electron chi connectivity index (χ3n) is 2.07. The molecule has 1 aromatic carbocycles. The van der Waals surface area contributed by atoms with Crippen molar-refractivity contribution in [3.8, 4) is 0 Å². The van der Waals surface area contributed by atoms with Crippen LogP contribution in [0.25, 0.3) is 0 Å². The Labute approximate surface area is 109 Å². The minimum absolute atomic E-state index is 1.17. The molecule has 1 nitrogen and oxygen atoms in total. The Bertz CT molecular complexity index is 201. The molecule has 0 bridgehead atoms. The molecule has 0 aliphatic heterocycles. The first kappa shape index (κ1) is 18.5. The molecule has 0 saturated heterocycles. The van der Waals surface area contributed by atoms with Crippen molar-refractivity contribution in [3.05, 3.63) is 35.4 Å². The van der Waals surface area contributed by atoms with Gasteiger partial charge in [0.1, 0.15) is 0 Å². The molecule has 0 aliphatic carbocycles. The van der Waals surface area contributed by atoms with E-state index in [1.165, 1.54) is 37.1 Å². The standard InChI is InChI=1S/C8H10.C6H15N.C2H6/c1-7-3-5-8(2)6-4-7;1-3-5-7-6-4-2;1-2/h3-6H,1-2H3;7H,3-6H2,1-2H3;1-2H3. The third-order valence-corrected chi connectivity index (χ3v) is 2.07. The molecule has 1 rings (SSSR count). The summed E-state index contributed by atoms with van der Waals surface area (Å²) in [6.45, 7) is 14.9. The molecule has 0 unspecified atom stereocenters. The molecular formula is C16H31N. The van der Waals surface area contributed by atoms with Crippen LogP contribution in [0.3, 0.4) is 0 Å². The van der Waals surface area contributed by atoms with Crippen LogP contribution in [0, 0.1) is 13.8 Å². The highest BCUT2D eigenvalue weighted by molar-refractivity contribution is 5.19. The van der Waals surface area contributed by atoms with Crippen LogP contribution in [0.4, 0.5) is 0 Å². The summed E-state index contributed by atoms with van der Waals surface area (Å²) in [7, 11) is 0. The molecule has 17 heavy (non-hydrogen) atoms. The van der Waals surface area contributed by atoms with E-state index in [0.717, 1.165) is 0 Å². The summed E-state index contributed by atoms with van der Waals surface area (Å²) in [6.07, 6.45) is 2.50. The molecule has 1 N–H and O–H groups in total. The first-order valence-electron chi connectivity index (χ1n) is 6.94. The van der Waals surface area contributed by atoms with Crippen LogP contribution in [0.2, 0.25) is 0 Å². The quantitative estimate of drug-likeness (QED) is 0.747. The molecule has 0 saturated carbocycles. The van der Waals surface area contributed by atoms with Crippen molar-refractivity contribution in [1.82, 2.24) is 5.32 Å². The normalized spacial score (nSPS) is 8.59. The minimum Gasteiger partial charge on any atom is -0.317 e. The molecule has 0 atom stereocenters. The fourth-order valence-electron chi connectivity index (χ4n) is 1.12. The maximum Gasteiger partial charge on any atom is -0.00516 e. The Morgan fingerprint density at radius 3 is 1.29 bits per heavy atom. The molecule has 0 fully saturated rings. The van der Waals surface area contributed by atoms with Gasteiger partial charge in [0, 0.05) is 0 Å². The van der Waals surface area contributed by atoms with Gasteiger partial charge >= 0.3 is 0 Å². The highest BCUT2D eigenvalue weighted by atomic mass is 14.8. The van der Waals surface area contributed by atoms with E-state index in [2.05, 4.69) is 57.3 Å². The average molecular weight is 237 g/mol. The Balaban J connectivity index is 0. The lowest BCUT2D eigenvalue weighted by Crippen LogP contribution is -2.14. The van der Waals surface area contributed by atoms with E-state index < -0.39 is 0 Å². The van der Waals surface area contributed by atoms with Crippen LogP contribution in [0.1, 0.15) is 51.7 Å². The van der Waals surface area contributed by atoms with E-state index in [1.54, 1.807) is 0 Å². The first-order chi connectivity index (χ1) is 8.20. The minimum atomic E-state index is 1.17. The van der Waals surface area contributed by atoms with Gasteiger partial charge in [0.25, 0.3) is 0 Å². The lowest BCUT2D eigenvalue weighted by molar-refractivity contribution is 0.662. The van der Waals surface area contributed by atoms with Crippen molar-refractivity contribution in [2.45, 2.75) is 54.4 Å². The van der Waals surface area contributed by atoms with Gasteiger partial charge in [-0.15, -0.1) is 0 Å². The molecule has 0 radical (unpaired) electrons. The number of aryl methyl sites for hydroxylation is 2. The van der Waals surface area contributed by atoms with Gasteiger partial charge in [0.15, 0.2) is 0 Å². The molecule has 0 aliphatic rings. The van der Waals surface area contributed by atoms with E-state index >= 15 is 0 Å². The smallest absolute Gasteiger partial charge is 0.00516 e. The summed E-state index contributed by atoms with van der Waals surface area (Å²) in [5.41, 5.74) is 2.66. The maximum atomic E-state index is 3.28. The number of nitrogens with one attached hydrogen (secondary N) is 1. The molecular weight excluding hydrogens is 206 g/mol. The van der Waals surface area contributed by atoms with Crippen LogP contribution >= 0.6 is 0 Å². The van der Waals surface area contributed by atoms with Gasteiger partial charge in [-0.05, 0) is 39.8 Å². The lowest BCUT2D eigenvalue weighted by Gasteiger charge is -1.95. The number of hydrogen-bond donors (Lipinski definition) is 1. The summed E-state index contributed by atoms with van der Waals surface area (Å²) in [5, 5.41) is 3.28. The Hall–Kier alpha value is -0.820. The highest BCUT2D eigenvalue weighted by Crippen LogP contribution is 1.99. The van der Waals surface area contributed by atoms with Crippen molar-refractivity contribution in [2.24, 2.45) is 0 Å². The maximum absolute atomic E-state index is 3.28. The van der Waals surface area contributed by atoms with Crippen molar-refractivity contribution in [3.63, 3.8) is 0 Å². The fourth-order valence-corrected chi connectivity index (χ4v) is 1.12. The van der Waals surface area contributed by atoms with Crippen LogP contribution < -0.4 is 5.32 Å². The van der Waals surface area contributed by atoms with E-state index in [9.17, 15) is 0 Å². The Kier molecular flexibility index (Phi) is 16.6. The van der Waals surface area contributed by atoms with Gasteiger partial charge in [-0.25, -0.2) is 0 Å². The van der Waals surface area contributed by atoms with Crippen molar-refractivity contribution in [1.29, 1.82) is 0 Å². The second kappa shape index (κ2) is 15.2. The first-order valence-corrected chi connectivity index (χ1v) is 6.94. The number of benzene rings is 1. The van der Waals surface area contributed by atoms with Gasteiger partial charge in [-0.3, -0.25) is 0 Å². The van der Waals surface area contributed by atoms with Crippen molar-refractivity contribution in [2.75, 3.05) is 13.1 Å². The molecule has 0 heterocycles. The van der Waals surface area contributed by atoms with Gasteiger partial charge in [0.05, 0.1) is 0 Å². The largest absolute Gasteiger partial charge is 0.317 e. The summed E-state index contributed by atoms with van der Waals surface area (Å²) in [6, 6.07) is 8.48. The van der Waals surface area contributed by atoms with E-state index in [-0.39, 0.29) is 0 Å². The molecule has 100 valence electrons. The zero-order chi connectivity index (χ0) is 13.5. The third kappa shape index (κ3) is 15.2. The topological polar surface area (TPSA) is 12.0 Å². The van der Waals surface area contributed by atoms with E-state index in [0.29, 0.717) is 0 Å². The van der Waals surface area contributed by atoms with Crippen molar-refractivity contribution >= 4 is 0 Å². The second-order valence-corrected chi connectivity index (χ2v) is 3.90. The second-order valence-electron chi connectivity index (χ2n) is 3.90. The average Bonchev–Trinajstić information content (AvgIpc) is 2.37. The molecule has 0 amide bonds. The molecule has 1 heteroatoms. The molecule has 0 aromatic heterocycles. The van der Waals surface area contributed by atoms with Crippen LogP contribution in [0.5, 0.6) is 0 Å². The SMILES string of the molecule is CC.CCCNCCC.Cc1ccc(C)cc1. The predicted octanol–water partition coefficient (Wildman–Crippen LogP) is 4.73.